The van der Waals surface area contributed by atoms with E-state index >= 15 is 0 Å². The van der Waals surface area contributed by atoms with Crippen molar-refractivity contribution < 1.29 is 9.53 Å². The smallest absolute Gasteiger partial charge is 0.319 e. The molecule has 2 aromatic rings. The van der Waals surface area contributed by atoms with Gasteiger partial charge in [-0.05, 0) is 43.5 Å². The van der Waals surface area contributed by atoms with E-state index in [0.29, 0.717) is 13.2 Å². The maximum Gasteiger partial charge on any atom is 0.319 e. The summed E-state index contributed by atoms with van der Waals surface area (Å²) in [7, 11) is 0. The maximum absolute atomic E-state index is 11.7. The monoisotopic (exact) mass is 298 g/mol. The molecule has 4 heteroatoms. The van der Waals surface area contributed by atoms with Crippen molar-refractivity contribution in [2.75, 3.05) is 18.5 Å². The van der Waals surface area contributed by atoms with Crippen LogP contribution in [-0.2, 0) is 6.42 Å². The van der Waals surface area contributed by atoms with Gasteiger partial charge in [0.05, 0.1) is 6.61 Å². The van der Waals surface area contributed by atoms with Crippen LogP contribution in [0.1, 0.15) is 18.9 Å². The molecule has 116 valence electrons. The van der Waals surface area contributed by atoms with Crippen molar-refractivity contribution >= 4 is 11.7 Å². The van der Waals surface area contributed by atoms with Gasteiger partial charge in [0.25, 0.3) is 0 Å². The summed E-state index contributed by atoms with van der Waals surface area (Å²) in [6.07, 6.45) is 1.74. The molecule has 2 aromatic carbocycles. The lowest BCUT2D eigenvalue weighted by atomic mass is 10.1. The minimum Gasteiger partial charge on any atom is -0.494 e. The van der Waals surface area contributed by atoms with E-state index in [-0.39, 0.29) is 6.03 Å². The number of hydrogen-bond acceptors (Lipinski definition) is 2. The lowest BCUT2D eigenvalue weighted by Crippen LogP contribution is -2.29. The van der Waals surface area contributed by atoms with E-state index in [4.69, 9.17) is 4.74 Å². The summed E-state index contributed by atoms with van der Waals surface area (Å²) in [5, 5.41) is 5.66. The number of nitrogens with one attached hydrogen (secondary N) is 2. The number of benzene rings is 2. The Bertz CT molecular complexity index is 585. The third-order valence-electron chi connectivity index (χ3n) is 3.21. The molecule has 0 atom stereocenters. The molecule has 0 heterocycles. The third kappa shape index (κ3) is 5.13. The van der Waals surface area contributed by atoms with Gasteiger partial charge in [-0.15, -0.1) is 0 Å². The van der Waals surface area contributed by atoms with Crippen LogP contribution in [0, 0.1) is 0 Å². The van der Waals surface area contributed by atoms with Gasteiger partial charge in [0, 0.05) is 12.2 Å². The summed E-state index contributed by atoms with van der Waals surface area (Å²) < 4.78 is 5.59. The van der Waals surface area contributed by atoms with Crippen molar-refractivity contribution in [2.45, 2.75) is 19.8 Å². The maximum atomic E-state index is 11.7. The second-order valence-electron chi connectivity index (χ2n) is 4.89. The first-order valence-electron chi connectivity index (χ1n) is 7.60. The van der Waals surface area contributed by atoms with Gasteiger partial charge in [-0.2, -0.15) is 0 Å². The number of amides is 2. The number of carbonyl (C=O) groups excluding carboxylic acids is 1. The minimum atomic E-state index is -0.177. The van der Waals surface area contributed by atoms with Crippen LogP contribution in [0.4, 0.5) is 10.5 Å². The van der Waals surface area contributed by atoms with Gasteiger partial charge in [-0.1, -0.05) is 36.4 Å². The normalized spacial score (nSPS) is 10.0. The van der Waals surface area contributed by atoms with Gasteiger partial charge in [0.2, 0.25) is 0 Å². The van der Waals surface area contributed by atoms with E-state index in [2.05, 4.69) is 16.7 Å². The Balaban J connectivity index is 1.72. The molecule has 0 spiro atoms. The van der Waals surface area contributed by atoms with E-state index < -0.39 is 0 Å². The van der Waals surface area contributed by atoms with Crippen molar-refractivity contribution in [3.05, 3.63) is 60.2 Å². The first-order chi connectivity index (χ1) is 10.8. The molecule has 2 rings (SSSR count). The Hall–Kier alpha value is -2.49. The Morgan fingerprint density at radius 1 is 1.05 bits per heavy atom. The SMILES string of the molecule is CCOc1ccccc1CCCNC(=O)Nc1ccccc1. The number of carbonyl (C=O) groups is 1. The van der Waals surface area contributed by atoms with Gasteiger partial charge in [0.15, 0.2) is 0 Å². The molecule has 4 nitrogen and oxygen atoms in total. The van der Waals surface area contributed by atoms with Crippen LogP contribution in [0.2, 0.25) is 0 Å². The Labute approximate surface area is 131 Å². The Kier molecular flexibility index (Phi) is 6.30. The predicted octanol–water partition coefficient (Wildman–Crippen LogP) is 3.84. The molecule has 2 amide bonds. The highest BCUT2D eigenvalue weighted by Crippen LogP contribution is 2.19. The molecule has 0 unspecified atom stereocenters. The number of aryl methyl sites for hydroxylation is 1. The van der Waals surface area contributed by atoms with Crippen LogP contribution >= 0.6 is 0 Å². The van der Waals surface area contributed by atoms with E-state index in [0.717, 1.165) is 24.3 Å². The fourth-order valence-corrected chi connectivity index (χ4v) is 2.18. The Morgan fingerprint density at radius 2 is 1.77 bits per heavy atom. The van der Waals surface area contributed by atoms with E-state index in [1.807, 2.05) is 55.5 Å². The lowest BCUT2D eigenvalue weighted by Gasteiger charge is -2.10. The number of anilines is 1. The number of para-hydroxylation sites is 2. The number of hydrogen-bond donors (Lipinski definition) is 2. The van der Waals surface area contributed by atoms with Crippen LogP contribution in [0.3, 0.4) is 0 Å². The molecule has 0 radical (unpaired) electrons. The molecule has 0 aliphatic heterocycles. The van der Waals surface area contributed by atoms with Crippen molar-refractivity contribution in [2.24, 2.45) is 0 Å². The van der Waals surface area contributed by atoms with Gasteiger partial charge in [0.1, 0.15) is 5.75 Å². The molecular weight excluding hydrogens is 276 g/mol. The second kappa shape index (κ2) is 8.72. The fraction of sp³-hybridized carbons (Fsp3) is 0.278. The summed E-state index contributed by atoms with van der Waals surface area (Å²) in [6, 6.07) is 17.3. The molecule has 0 bridgehead atoms. The highest BCUT2D eigenvalue weighted by Gasteiger charge is 2.03. The van der Waals surface area contributed by atoms with Crippen LogP contribution in [-0.4, -0.2) is 19.2 Å². The lowest BCUT2D eigenvalue weighted by molar-refractivity contribution is 0.252. The zero-order valence-electron chi connectivity index (χ0n) is 12.8. The largest absolute Gasteiger partial charge is 0.494 e. The van der Waals surface area contributed by atoms with Crippen molar-refractivity contribution in [1.29, 1.82) is 0 Å². The van der Waals surface area contributed by atoms with Crippen LogP contribution in [0.25, 0.3) is 0 Å². The van der Waals surface area contributed by atoms with E-state index in [1.165, 1.54) is 5.56 Å². The highest BCUT2D eigenvalue weighted by molar-refractivity contribution is 5.89. The number of ether oxygens (including phenoxy) is 1. The molecule has 2 N–H and O–H groups in total. The first-order valence-corrected chi connectivity index (χ1v) is 7.60. The van der Waals surface area contributed by atoms with Gasteiger partial charge < -0.3 is 15.4 Å². The summed E-state index contributed by atoms with van der Waals surface area (Å²) in [4.78, 5) is 11.7. The molecule has 0 fully saturated rings. The second-order valence-corrected chi connectivity index (χ2v) is 4.89. The van der Waals surface area contributed by atoms with Crippen molar-refractivity contribution in [1.82, 2.24) is 5.32 Å². The Morgan fingerprint density at radius 3 is 2.55 bits per heavy atom. The molecule has 0 aliphatic carbocycles. The van der Waals surface area contributed by atoms with Crippen LogP contribution in [0.15, 0.2) is 54.6 Å². The number of urea groups is 1. The quantitative estimate of drug-likeness (QED) is 0.763. The molecule has 0 saturated heterocycles. The topological polar surface area (TPSA) is 50.4 Å². The molecule has 0 saturated carbocycles. The van der Waals surface area contributed by atoms with Gasteiger partial charge >= 0.3 is 6.03 Å². The zero-order chi connectivity index (χ0) is 15.6. The van der Waals surface area contributed by atoms with E-state index in [1.54, 1.807) is 0 Å². The third-order valence-corrected chi connectivity index (χ3v) is 3.21. The summed E-state index contributed by atoms with van der Waals surface area (Å²) in [5.74, 6) is 0.929. The average Bonchev–Trinajstić information content (AvgIpc) is 2.54. The van der Waals surface area contributed by atoms with Gasteiger partial charge in [-0.3, -0.25) is 0 Å². The van der Waals surface area contributed by atoms with Crippen LogP contribution in [0.5, 0.6) is 5.75 Å². The van der Waals surface area contributed by atoms with Gasteiger partial charge in [-0.25, -0.2) is 4.79 Å². The number of rotatable bonds is 7. The van der Waals surface area contributed by atoms with Crippen molar-refractivity contribution in [3.8, 4) is 5.75 Å². The molecule has 0 aromatic heterocycles. The molecular formula is C18H22N2O2. The fourth-order valence-electron chi connectivity index (χ4n) is 2.18. The van der Waals surface area contributed by atoms with Crippen LogP contribution < -0.4 is 15.4 Å². The molecule has 0 aliphatic rings. The average molecular weight is 298 g/mol. The standard InChI is InChI=1S/C18H22N2O2/c1-2-22-17-13-7-6-9-15(17)10-8-14-19-18(21)20-16-11-4-3-5-12-16/h3-7,9,11-13H,2,8,10,14H2,1H3,(H2,19,20,21). The predicted molar refractivity (Wildman–Crippen MR) is 89.4 cm³/mol. The highest BCUT2D eigenvalue weighted by atomic mass is 16.5. The summed E-state index contributed by atoms with van der Waals surface area (Å²) in [6.45, 7) is 3.26. The first kappa shape index (κ1) is 15.9. The summed E-state index contributed by atoms with van der Waals surface area (Å²) >= 11 is 0. The zero-order valence-corrected chi connectivity index (χ0v) is 12.8. The summed E-state index contributed by atoms with van der Waals surface area (Å²) in [5.41, 5.74) is 1.97. The van der Waals surface area contributed by atoms with Crippen molar-refractivity contribution in [3.63, 3.8) is 0 Å². The van der Waals surface area contributed by atoms with E-state index in [9.17, 15) is 4.79 Å². The minimum absolute atomic E-state index is 0.177. The molecule has 22 heavy (non-hydrogen) atoms.